The van der Waals surface area contributed by atoms with Crippen molar-refractivity contribution >= 4 is 92.3 Å². The number of hydrogen-bond donors (Lipinski definition) is 0. The summed E-state index contributed by atoms with van der Waals surface area (Å²) in [5, 5.41) is 7.15. The van der Waals surface area contributed by atoms with Gasteiger partial charge in [0.05, 0.1) is 22.1 Å². The van der Waals surface area contributed by atoms with Gasteiger partial charge in [-0.15, -0.1) is 11.3 Å². The first kappa shape index (κ1) is 36.5. The molecule has 3 heterocycles. The Hall–Kier alpha value is -8.18. The van der Waals surface area contributed by atoms with Crippen molar-refractivity contribution in [2.24, 2.45) is 0 Å². The van der Waals surface area contributed by atoms with Crippen molar-refractivity contribution in [2.75, 3.05) is 4.90 Å². The Kier molecular flexibility index (Phi) is 8.40. The summed E-state index contributed by atoms with van der Waals surface area (Å²) in [7, 11) is 0. The standard InChI is InChI=1S/C60H38N2OS/c1-4-15-39(16-5-1)42-28-31-52-56(35-42)63-60-47(41-19-8-3-9-20-41)33-34-55(59(52)60)61(44-21-14-22-45(37-44)62-53-25-12-10-23-48(53)49-24-11-13-26-54(49)62)46-29-32-51-50-30-27-43(40-17-6-2-7-18-40)36-57(50)64-58(51)38-46/h1-38H. The molecule has 0 unspecified atom stereocenters. The monoisotopic (exact) mass is 834 g/mol. The molecular formula is C60H38N2OS. The molecule has 0 amide bonds. The Balaban J connectivity index is 1.07. The molecule has 0 aliphatic carbocycles. The highest BCUT2D eigenvalue weighted by Crippen LogP contribution is 2.48. The van der Waals surface area contributed by atoms with Gasteiger partial charge in [0.15, 0.2) is 0 Å². The first-order chi connectivity index (χ1) is 31.7. The third-order valence-electron chi connectivity index (χ3n) is 12.8. The van der Waals surface area contributed by atoms with Gasteiger partial charge in [-0.25, -0.2) is 0 Å². The number of anilines is 3. The van der Waals surface area contributed by atoms with Crippen molar-refractivity contribution in [3.63, 3.8) is 0 Å². The minimum Gasteiger partial charge on any atom is -0.455 e. The number of para-hydroxylation sites is 2. The minimum absolute atomic E-state index is 0.856. The van der Waals surface area contributed by atoms with Crippen LogP contribution in [-0.4, -0.2) is 4.57 Å². The second-order valence-electron chi connectivity index (χ2n) is 16.5. The largest absolute Gasteiger partial charge is 0.455 e. The highest BCUT2D eigenvalue weighted by molar-refractivity contribution is 7.25. The maximum absolute atomic E-state index is 7.07. The third kappa shape index (κ3) is 5.88. The highest BCUT2D eigenvalue weighted by Gasteiger charge is 2.24. The van der Waals surface area contributed by atoms with E-state index in [2.05, 4.69) is 240 Å². The van der Waals surface area contributed by atoms with E-state index in [1.165, 1.54) is 53.1 Å². The van der Waals surface area contributed by atoms with E-state index in [1.54, 1.807) is 0 Å². The molecule has 300 valence electrons. The lowest BCUT2D eigenvalue weighted by molar-refractivity contribution is 0.670. The van der Waals surface area contributed by atoms with Crippen molar-refractivity contribution in [2.45, 2.75) is 0 Å². The van der Waals surface area contributed by atoms with Crippen LogP contribution in [0.1, 0.15) is 0 Å². The normalized spacial score (nSPS) is 11.8. The lowest BCUT2D eigenvalue weighted by atomic mass is 9.98. The maximum atomic E-state index is 7.07. The number of rotatable bonds is 7. The number of nitrogens with zero attached hydrogens (tertiary/aromatic N) is 2. The molecule has 0 saturated heterocycles. The summed E-state index contributed by atoms with van der Waals surface area (Å²) in [6.07, 6.45) is 0. The van der Waals surface area contributed by atoms with Crippen LogP contribution in [0.3, 0.4) is 0 Å². The van der Waals surface area contributed by atoms with Gasteiger partial charge in [-0.3, -0.25) is 0 Å². The predicted molar refractivity (Wildman–Crippen MR) is 272 cm³/mol. The zero-order chi connectivity index (χ0) is 42.1. The summed E-state index contributed by atoms with van der Waals surface area (Å²) in [4.78, 5) is 2.44. The van der Waals surface area contributed by atoms with Gasteiger partial charge in [-0.2, -0.15) is 0 Å². The molecular weight excluding hydrogens is 797 g/mol. The maximum Gasteiger partial charge on any atom is 0.145 e. The molecule has 0 fully saturated rings. The van der Waals surface area contributed by atoms with Gasteiger partial charge >= 0.3 is 0 Å². The number of benzene rings is 10. The quantitative estimate of drug-likeness (QED) is 0.159. The molecule has 13 rings (SSSR count). The fraction of sp³-hybridized carbons (Fsp3) is 0. The molecule has 3 aromatic heterocycles. The van der Waals surface area contributed by atoms with Gasteiger partial charge in [0, 0.05) is 59.0 Å². The van der Waals surface area contributed by atoms with Crippen LogP contribution in [0.5, 0.6) is 0 Å². The fourth-order valence-corrected chi connectivity index (χ4v) is 11.0. The highest BCUT2D eigenvalue weighted by atomic mass is 32.1. The fourth-order valence-electron chi connectivity index (χ4n) is 9.82. The Bertz CT molecular complexity index is 3850. The van der Waals surface area contributed by atoms with Crippen molar-refractivity contribution in [3.8, 4) is 39.1 Å². The average Bonchev–Trinajstić information content (AvgIpc) is 4.04. The number of aromatic nitrogens is 1. The second kappa shape index (κ2) is 14.7. The lowest BCUT2D eigenvalue weighted by Gasteiger charge is -2.27. The van der Waals surface area contributed by atoms with Gasteiger partial charge in [0.2, 0.25) is 0 Å². The van der Waals surface area contributed by atoms with Crippen molar-refractivity contribution in [1.82, 2.24) is 4.57 Å². The number of hydrogen-bond acceptors (Lipinski definition) is 3. The number of furan rings is 1. The zero-order valence-electron chi connectivity index (χ0n) is 34.7. The molecule has 13 aromatic rings. The van der Waals surface area contributed by atoms with Crippen molar-refractivity contribution in [1.29, 1.82) is 0 Å². The molecule has 64 heavy (non-hydrogen) atoms. The molecule has 0 bridgehead atoms. The van der Waals surface area contributed by atoms with Crippen LogP contribution in [0.15, 0.2) is 235 Å². The lowest BCUT2D eigenvalue weighted by Crippen LogP contribution is -2.11. The molecule has 0 atom stereocenters. The van der Waals surface area contributed by atoms with E-state index in [4.69, 9.17) is 4.42 Å². The van der Waals surface area contributed by atoms with Gasteiger partial charge in [0.25, 0.3) is 0 Å². The van der Waals surface area contributed by atoms with E-state index in [0.29, 0.717) is 0 Å². The Labute approximate surface area is 373 Å². The summed E-state index contributed by atoms with van der Waals surface area (Å²) in [6.45, 7) is 0. The Morgan fingerprint density at radius 3 is 1.62 bits per heavy atom. The first-order valence-electron chi connectivity index (χ1n) is 21.7. The van der Waals surface area contributed by atoms with Crippen LogP contribution < -0.4 is 4.90 Å². The summed E-state index contributed by atoms with van der Waals surface area (Å²) >= 11 is 1.85. The van der Waals surface area contributed by atoms with Crippen LogP contribution in [-0.2, 0) is 0 Å². The second-order valence-corrected chi connectivity index (χ2v) is 17.5. The summed E-state index contributed by atoms with van der Waals surface area (Å²) < 4.78 is 12.0. The average molecular weight is 835 g/mol. The molecule has 0 aliphatic rings. The Morgan fingerprint density at radius 1 is 0.375 bits per heavy atom. The van der Waals surface area contributed by atoms with Gasteiger partial charge in [0.1, 0.15) is 11.2 Å². The van der Waals surface area contributed by atoms with Gasteiger partial charge in [-0.1, -0.05) is 158 Å². The molecule has 4 heteroatoms. The molecule has 0 radical (unpaired) electrons. The molecule has 0 N–H and O–H groups in total. The van der Waals surface area contributed by atoms with Crippen LogP contribution in [0.25, 0.3) is 103 Å². The van der Waals surface area contributed by atoms with Crippen LogP contribution in [0.4, 0.5) is 17.1 Å². The molecule has 0 aliphatic heterocycles. The third-order valence-corrected chi connectivity index (χ3v) is 13.9. The van der Waals surface area contributed by atoms with Crippen LogP contribution >= 0.6 is 11.3 Å². The smallest absolute Gasteiger partial charge is 0.145 e. The van der Waals surface area contributed by atoms with Gasteiger partial charge in [-0.05, 0) is 101 Å². The van der Waals surface area contributed by atoms with E-state index >= 15 is 0 Å². The summed E-state index contributed by atoms with van der Waals surface area (Å²) in [5.74, 6) is 0. The van der Waals surface area contributed by atoms with E-state index in [-0.39, 0.29) is 0 Å². The Morgan fingerprint density at radius 2 is 0.938 bits per heavy atom. The van der Waals surface area contributed by atoms with Crippen LogP contribution in [0, 0.1) is 0 Å². The molecule has 0 saturated carbocycles. The summed E-state index contributed by atoms with van der Waals surface area (Å²) in [5.41, 5.74) is 15.3. The molecule has 3 nitrogen and oxygen atoms in total. The van der Waals surface area contributed by atoms with E-state index in [0.717, 1.165) is 66.9 Å². The van der Waals surface area contributed by atoms with E-state index in [1.807, 2.05) is 11.3 Å². The van der Waals surface area contributed by atoms with E-state index < -0.39 is 0 Å². The topological polar surface area (TPSA) is 21.3 Å². The van der Waals surface area contributed by atoms with Gasteiger partial charge < -0.3 is 13.9 Å². The number of fused-ring (bicyclic) bond motifs is 9. The zero-order valence-corrected chi connectivity index (χ0v) is 35.5. The van der Waals surface area contributed by atoms with Crippen LogP contribution in [0.2, 0.25) is 0 Å². The predicted octanol–water partition coefficient (Wildman–Crippen LogP) is 17.5. The molecule has 10 aromatic carbocycles. The minimum atomic E-state index is 0.856. The molecule has 0 spiro atoms. The first-order valence-corrected chi connectivity index (χ1v) is 22.6. The van der Waals surface area contributed by atoms with Crippen molar-refractivity contribution in [3.05, 3.63) is 231 Å². The SMILES string of the molecule is c1ccc(-c2ccc3c(c2)oc2c(-c4ccccc4)ccc(N(c4cccc(-n5c6ccccc6c6ccccc65)c4)c4ccc5c(c4)sc4cc(-c6ccccc6)ccc45)c23)cc1. The van der Waals surface area contributed by atoms with E-state index in [9.17, 15) is 0 Å². The number of thiophene rings is 1. The summed E-state index contributed by atoms with van der Waals surface area (Å²) in [6, 6.07) is 83.3. The van der Waals surface area contributed by atoms with Crippen molar-refractivity contribution < 1.29 is 4.42 Å².